The molecule has 0 aliphatic carbocycles. The van der Waals surface area contributed by atoms with Gasteiger partial charge in [0.25, 0.3) is 0 Å². The molecule has 4 rings (SSSR count). The largest absolute Gasteiger partial charge is 0.378 e. The number of fused-ring (bicyclic) bond motifs is 1. The minimum Gasteiger partial charge on any atom is -0.378 e. The highest BCUT2D eigenvalue weighted by molar-refractivity contribution is 7.18. The number of benzene rings is 2. The Morgan fingerprint density at radius 2 is 1.73 bits per heavy atom. The summed E-state index contributed by atoms with van der Waals surface area (Å²) < 4.78 is 1.25. The van der Waals surface area contributed by atoms with Crippen LogP contribution in [0.15, 0.2) is 48.5 Å². The number of thiazole rings is 1. The molecule has 2 aromatic carbocycles. The van der Waals surface area contributed by atoms with Crippen LogP contribution in [0.4, 0.5) is 5.69 Å². The molecule has 158 valence electrons. The van der Waals surface area contributed by atoms with Crippen molar-refractivity contribution in [2.75, 3.05) is 51.7 Å². The first-order valence-corrected chi connectivity index (χ1v) is 11.2. The maximum atomic E-state index is 12.3. The van der Waals surface area contributed by atoms with Gasteiger partial charge in [0, 0.05) is 52.5 Å². The van der Waals surface area contributed by atoms with E-state index in [9.17, 15) is 4.79 Å². The topological polar surface area (TPSA) is 51.7 Å². The monoisotopic (exact) mass is 423 g/mol. The van der Waals surface area contributed by atoms with E-state index in [1.807, 2.05) is 20.2 Å². The van der Waals surface area contributed by atoms with Gasteiger partial charge in [0.1, 0.15) is 5.01 Å². The van der Waals surface area contributed by atoms with Gasteiger partial charge in [-0.25, -0.2) is 4.98 Å². The van der Waals surface area contributed by atoms with E-state index in [0.29, 0.717) is 13.1 Å². The second-order valence-electron chi connectivity index (χ2n) is 7.97. The number of para-hydroxylation sites is 1. The van der Waals surface area contributed by atoms with Gasteiger partial charge in [-0.15, -0.1) is 11.3 Å². The number of amides is 1. The lowest BCUT2D eigenvalue weighted by Crippen LogP contribution is -2.49. The molecular formula is C23H29N5OS. The highest BCUT2D eigenvalue weighted by Gasteiger charge is 2.20. The second kappa shape index (κ2) is 9.55. The standard InChI is InChI=1S/C23H29N5OS/c1-26(2)19-9-7-18(8-10-19)15-24-22(29)16-27-11-13-28(14-12-27)17-23-25-20-5-3-4-6-21(20)30-23/h3-10H,11-17H2,1-2H3,(H,24,29). The number of anilines is 1. The van der Waals surface area contributed by atoms with Crippen LogP contribution in [0.3, 0.4) is 0 Å². The number of rotatable bonds is 7. The lowest BCUT2D eigenvalue weighted by atomic mass is 10.2. The van der Waals surface area contributed by atoms with Crippen molar-refractivity contribution in [3.63, 3.8) is 0 Å². The van der Waals surface area contributed by atoms with Crippen molar-refractivity contribution in [3.8, 4) is 0 Å². The molecule has 1 fully saturated rings. The van der Waals surface area contributed by atoms with Crippen LogP contribution in [0.5, 0.6) is 0 Å². The van der Waals surface area contributed by atoms with E-state index < -0.39 is 0 Å². The Kier molecular flexibility index (Phi) is 6.62. The average Bonchev–Trinajstić information content (AvgIpc) is 3.16. The summed E-state index contributed by atoms with van der Waals surface area (Å²) in [6.07, 6.45) is 0. The van der Waals surface area contributed by atoms with Crippen molar-refractivity contribution < 1.29 is 4.79 Å². The van der Waals surface area contributed by atoms with Gasteiger partial charge in [0.05, 0.1) is 23.3 Å². The van der Waals surface area contributed by atoms with Crippen molar-refractivity contribution in [1.29, 1.82) is 0 Å². The Morgan fingerprint density at radius 1 is 1.03 bits per heavy atom. The fraction of sp³-hybridized carbons (Fsp3) is 0.391. The summed E-state index contributed by atoms with van der Waals surface area (Å²) in [6, 6.07) is 16.6. The molecule has 0 unspecified atom stereocenters. The van der Waals surface area contributed by atoms with Gasteiger partial charge < -0.3 is 10.2 Å². The minimum atomic E-state index is 0.0892. The Bertz CT molecular complexity index is 944. The molecule has 6 nitrogen and oxygen atoms in total. The van der Waals surface area contributed by atoms with Crippen molar-refractivity contribution in [2.24, 2.45) is 0 Å². The number of nitrogens with one attached hydrogen (secondary N) is 1. The first kappa shape index (κ1) is 20.8. The van der Waals surface area contributed by atoms with Crippen molar-refractivity contribution in [3.05, 3.63) is 59.1 Å². The molecule has 0 saturated carbocycles. The van der Waals surface area contributed by atoms with Crippen molar-refractivity contribution in [1.82, 2.24) is 20.1 Å². The van der Waals surface area contributed by atoms with Crippen molar-refractivity contribution >= 4 is 33.1 Å². The van der Waals surface area contributed by atoms with Crippen LogP contribution >= 0.6 is 11.3 Å². The molecule has 3 aromatic rings. The quantitative estimate of drug-likeness (QED) is 0.633. The molecule has 1 aliphatic rings. The lowest BCUT2D eigenvalue weighted by Gasteiger charge is -2.33. The number of aromatic nitrogens is 1. The van der Waals surface area contributed by atoms with Gasteiger partial charge in [-0.3, -0.25) is 14.6 Å². The Labute approximate surface area is 182 Å². The van der Waals surface area contributed by atoms with Crippen LogP contribution in [0.2, 0.25) is 0 Å². The molecule has 1 saturated heterocycles. The summed E-state index contributed by atoms with van der Waals surface area (Å²) in [5.74, 6) is 0.0892. The Balaban J connectivity index is 1.19. The summed E-state index contributed by atoms with van der Waals surface area (Å²) in [7, 11) is 4.05. The van der Waals surface area contributed by atoms with E-state index in [4.69, 9.17) is 4.98 Å². The van der Waals surface area contributed by atoms with Crippen LogP contribution in [0, 0.1) is 0 Å². The molecule has 30 heavy (non-hydrogen) atoms. The summed E-state index contributed by atoms with van der Waals surface area (Å²) >= 11 is 1.78. The molecule has 1 aromatic heterocycles. The van der Waals surface area contributed by atoms with E-state index in [1.165, 1.54) is 9.71 Å². The second-order valence-corrected chi connectivity index (χ2v) is 9.08. The van der Waals surface area contributed by atoms with Gasteiger partial charge >= 0.3 is 0 Å². The molecule has 0 spiro atoms. The van der Waals surface area contributed by atoms with Gasteiger partial charge in [-0.2, -0.15) is 0 Å². The summed E-state index contributed by atoms with van der Waals surface area (Å²) in [6.45, 7) is 5.69. The van der Waals surface area contributed by atoms with Gasteiger partial charge in [-0.1, -0.05) is 24.3 Å². The first-order valence-electron chi connectivity index (χ1n) is 10.4. The maximum Gasteiger partial charge on any atom is 0.234 e. The predicted octanol–water partition coefficient (Wildman–Crippen LogP) is 2.80. The SMILES string of the molecule is CN(C)c1ccc(CNC(=O)CN2CCN(Cc3nc4ccccc4s3)CC2)cc1. The van der Waals surface area contributed by atoms with E-state index in [-0.39, 0.29) is 5.91 Å². The number of nitrogens with zero attached hydrogens (tertiary/aromatic N) is 4. The zero-order chi connectivity index (χ0) is 20.9. The van der Waals surface area contributed by atoms with E-state index in [0.717, 1.165) is 49.5 Å². The molecule has 7 heteroatoms. The molecular weight excluding hydrogens is 394 g/mol. The first-order chi connectivity index (χ1) is 14.6. The summed E-state index contributed by atoms with van der Waals surface area (Å²) in [4.78, 5) is 23.8. The van der Waals surface area contributed by atoms with Crippen molar-refractivity contribution in [2.45, 2.75) is 13.1 Å². The van der Waals surface area contributed by atoms with Crippen LogP contribution in [0.25, 0.3) is 10.2 Å². The molecule has 1 aliphatic heterocycles. The van der Waals surface area contributed by atoms with Crippen LogP contribution < -0.4 is 10.2 Å². The van der Waals surface area contributed by atoms with Gasteiger partial charge in [0.15, 0.2) is 0 Å². The fourth-order valence-electron chi connectivity index (χ4n) is 3.66. The smallest absolute Gasteiger partial charge is 0.234 e. The van der Waals surface area contributed by atoms with E-state index >= 15 is 0 Å². The summed E-state index contributed by atoms with van der Waals surface area (Å²) in [5.41, 5.74) is 3.37. The molecule has 0 radical (unpaired) electrons. The normalized spacial score (nSPS) is 15.4. The maximum absolute atomic E-state index is 12.3. The number of piperazine rings is 1. The number of hydrogen-bond donors (Lipinski definition) is 1. The minimum absolute atomic E-state index is 0.0892. The zero-order valence-corrected chi connectivity index (χ0v) is 18.5. The van der Waals surface area contributed by atoms with Crippen LogP contribution in [0.1, 0.15) is 10.6 Å². The number of hydrogen-bond acceptors (Lipinski definition) is 6. The molecule has 2 heterocycles. The highest BCUT2D eigenvalue weighted by atomic mass is 32.1. The molecule has 0 bridgehead atoms. The molecule has 1 N–H and O–H groups in total. The third-order valence-corrected chi connectivity index (χ3v) is 6.49. The number of carbonyl (C=O) groups excluding carboxylic acids is 1. The van der Waals surface area contributed by atoms with E-state index in [1.54, 1.807) is 11.3 Å². The molecule has 1 amide bonds. The molecule has 0 atom stereocenters. The van der Waals surface area contributed by atoms with Crippen LogP contribution in [-0.4, -0.2) is 67.5 Å². The van der Waals surface area contributed by atoms with Crippen LogP contribution in [-0.2, 0) is 17.9 Å². The lowest BCUT2D eigenvalue weighted by molar-refractivity contribution is -0.122. The predicted molar refractivity (Wildman–Crippen MR) is 124 cm³/mol. The average molecular weight is 424 g/mol. The fourth-order valence-corrected chi connectivity index (χ4v) is 4.67. The number of carbonyl (C=O) groups is 1. The summed E-state index contributed by atoms with van der Waals surface area (Å²) in [5, 5.41) is 4.21. The Morgan fingerprint density at radius 3 is 2.43 bits per heavy atom. The third kappa shape index (κ3) is 5.36. The third-order valence-electron chi connectivity index (χ3n) is 5.47. The van der Waals surface area contributed by atoms with Gasteiger partial charge in [0.2, 0.25) is 5.91 Å². The highest BCUT2D eigenvalue weighted by Crippen LogP contribution is 2.23. The Hall–Kier alpha value is -2.48. The van der Waals surface area contributed by atoms with Gasteiger partial charge in [-0.05, 0) is 29.8 Å². The zero-order valence-electron chi connectivity index (χ0n) is 17.7. The van der Waals surface area contributed by atoms with E-state index in [2.05, 4.69) is 62.5 Å².